The molecule has 2 aliphatic heterocycles. The Morgan fingerprint density at radius 2 is 1.65 bits per heavy atom. The van der Waals surface area contributed by atoms with Gasteiger partial charge in [0.2, 0.25) is 5.91 Å². The van der Waals surface area contributed by atoms with Gasteiger partial charge in [-0.3, -0.25) is 14.4 Å². The monoisotopic (exact) mass is 659 g/mol. The summed E-state index contributed by atoms with van der Waals surface area (Å²) < 4.78 is 0. The predicted octanol–water partition coefficient (Wildman–Crippen LogP) is 4.72. The minimum atomic E-state index is -0.613. The van der Waals surface area contributed by atoms with Crippen molar-refractivity contribution in [3.63, 3.8) is 0 Å². The zero-order valence-corrected chi connectivity index (χ0v) is 29.6. The van der Waals surface area contributed by atoms with Gasteiger partial charge in [0.1, 0.15) is 5.66 Å². The topological polar surface area (TPSA) is 140 Å². The first-order valence-electron chi connectivity index (χ1n) is 17.8. The quantitative estimate of drug-likeness (QED) is 0.418. The van der Waals surface area contributed by atoms with Crippen LogP contribution in [0.2, 0.25) is 0 Å². The molecule has 12 heteroatoms. The fourth-order valence-corrected chi connectivity index (χ4v) is 7.65. The number of aromatic nitrogens is 4. The number of benzene rings is 1. The molecule has 3 heterocycles. The highest BCUT2D eigenvalue weighted by molar-refractivity contribution is 6.39. The lowest BCUT2D eigenvalue weighted by Gasteiger charge is -2.47. The molecule has 3 amide bonds. The third-order valence-corrected chi connectivity index (χ3v) is 10.8. The number of amidine groups is 1. The summed E-state index contributed by atoms with van der Waals surface area (Å²) in [5.74, 6) is 1.76. The summed E-state index contributed by atoms with van der Waals surface area (Å²) in [4.78, 5) is 52.2. The average molecular weight is 660 g/mol. The van der Waals surface area contributed by atoms with Crippen LogP contribution in [-0.2, 0) is 16.1 Å². The maximum atomic E-state index is 14.8. The Morgan fingerprint density at radius 1 is 0.979 bits per heavy atom. The largest absolute Gasteiger partial charge is 0.349 e. The summed E-state index contributed by atoms with van der Waals surface area (Å²) in [6.45, 7) is 16.3. The highest BCUT2D eigenvalue weighted by atomic mass is 16.2. The summed E-state index contributed by atoms with van der Waals surface area (Å²) in [5.41, 5.74) is 1.19. The summed E-state index contributed by atoms with van der Waals surface area (Å²) in [6, 6.07) is 7.48. The number of nitrogens with zero attached hydrogens (tertiary/aromatic N) is 7. The van der Waals surface area contributed by atoms with Crippen molar-refractivity contribution in [3.8, 4) is 0 Å². The predicted molar refractivity (Wildman–Crippen MR) is 183 cm³/mol. The molecule has 2 aromatic rings. The summed E-state index contributed by atoms with van der Waals surface area (Å²) in [5, 5.41) is 16.6. The van der Waals surface area contributed by atoms with Crippen LogP contribution in [0.4, 0.5) is 0 Å². The van der Waals surface area contributed by atoms with E-state index in [4.69, 9.17) is 4.99 Å². The minimum absolute atomic E-state index is 0.00739. The molecule has 12 nitrogen and oxygen atoms in total. The second-order valence-electron chi connectivity index (χ2n) is 16.6. The number of aromatic amines is 1. The smallest absolute Gasteiger partial charge is 0.291 e. The number of aliphatic imine (C=N–C) groups is 1. The van der Waals surface area contributed by atoms with Crippen molar-refractivity contribution in [2.75, 3.05) is 26.2 Å². The van der Waals surface area contributed by atoms with Crippen LogP contribution in [0, 0.1) is 22.7 Å². The molecule has 2 N–H and O–H groups in total. The molecule has 260 valence electrons. The molecule has 6 rings (SSSR count). The Labute approximate surface area is 284 Å². The van der Waals surface area contributed by atoms with E-state index >= 15 is 0 Å². The molecule has 0 radical (unpaired) electrons. The summed E-state index contributed by atoms with van der Waals surface area (Å²) >= 11 is 0. The van der Waals surface area contributed by atoms with E-state index in [-0.39, 0.29) is 47.1 Å². The lowest BCUT2D eigenvalue weighted by Crippen LogP contribution is -2.54. The standard InChI is InChI=1S/C36H53N9O3/c1-34(2,3)16-15-28(24-7-9-25(10-8-24)31(46)37-23-29-39-41-42-40-29)45-33(48)30(38-36(45)17-13-27(14-18-36)35(4,5)6)43-19-21-44(22-20-43)32(47)26-11-12-26/h7-10,26-28H,11-23H2,1-6H3,(H,37,46)(H,39,40,41,42)/t27?,28-,36?/m1/s1. The Morgan fingerprint density at radius 3 is 2.21 bits per heavy atom. The summed E-state index contributed by atoms with van der Waals surface area (Å²) in [6.07, 6.45) is 7.39. The molecule has 2 saturated carbocycles. The van der Waals surface area contributed by atoms with E-state index in [0.29, 0.717) is 49.3 Å². The number of piperazine rings is 1. The van der Waals surface area contributed by atoms with Crippen LogP contribution >= 0.6 is 0 Å². The normalized spacial score (nSPS) is 24.2. The van der Waals surface area contributed by atoms with Crippen molar-refractivity contribution in [3.05, 3.63) is 41.2 Å². The molecular formula is C36H53N9O3. The van der Waals surface area contributed by atoms with E-state index < -0.39 is 5.66 Å². The first kappa shape index (κ1) is 34.0. The van der Waals surface area contributed by atoms with Gasteiger partial charge in [0.15, 0.2) is 11.7 Å². The van der Waals surface area contributed by atoms with Gasteiger partial charge in [-0.2, -0.15) is 5.21 Å². The molecule has 0 bridgehead atoms. The van der Waals surface area contributed by atoms with E-state index in [1.54, 1.807) is 0 Å². The molecule has 3 fully saturated rings. The number of carbonyl (C=O) groups is 3. The number of carbonyl (C=O) groups excluding carboxylic acids is 3. The number of tetrazole rings is 1. The molecular weight excluding hydrogens is 606 g/mol. The lowest BCUT2D eigenvalue weighted by molar-refractivity contribution is -0.134. The fourth-order valence-electron chi connectivity index (χ4n) is 7.65. The maximum absolute atomic E-state index is 14.8. The molecule has 1 aromatic heterocycles. The van der Waals surface area contributed by atoms with E-state index in [1.807, 2.05) is 29.2 Å². The second kappa shape index (κ2) is 13.2. The van der Waals surface area contributed by atoms with E-state index in [9.17, 15) is 14.4 Å². The molecule has 2 aliphatic carbocycles. The van der Waals surface area contributed by atoms with Crippen LogP contribution < -0.4 is 5.32 Å². The van der Waals surface area contributed by atoms with E-state index in [1.165, 1.54) is 0 Å². The molecule has 48 heavy (non-hydrogen) atoms. The third-order valence-electron chi connectivity index (χ3n) is 10.8. The molecule has 0 unspecified atom stereocenters. The fraction of sp³-hybridized carbons (Fsp3) is 0.694. The second-order valence-corrected chi connectivity index (χ2v) is 16.6. The van der Waals surface area contributed by atoms with Gasteiger partial charge in [-0.1, -0.05) is 58.9 Å². The molecule has 1 aromatic carbocycles. The average Bonchev–Trinajstić information content (AvgIpc) is 3.70. The Kier molecular flexibility index (Phi) is 9.39. The van der Waals surface area contributed by atoms with Gasteiger partial charge in [0, 0.05) is 37.7 Å². The number of hydrogen-bond acceptors (Lipinski definition) is 8. The first-order valence-corrected chi connectivity index (χ1v) is 17.8. The maximum Gasteiger partial charge on any atom is 0.291 e. The van der Waals surface area contributed by atoms with E-state index in [2.05, 4.69) is 77.3 Å². The minimum Gasteiger partial charge on any atom is -0.349 e. The first-order chi connectivity index (χ1) is 22.7. The van der Waals surface area contributed by atoms with Crippen molar-refractivity contribution in [1.82, 2.24) is 40.6 Å². The highest BCUT2D eigenvalue weighted by Gasteiger charge is 2.54. The van der Waals surface area contributed by atoms with Crippen molar-refractivity contribution in [2.45, 2.75) is 111 Å². The van der Waals surface area contributed by atoms with Gasteiger partial charge in [0.25, 0.3) is 11.8 Å². The lowest BCUT2D eigenvalue weighted by atomic mass is 9.69. The molecule has 1 spiro atoms. The molecule has 4 aliphatic rings. The number of H-pyrrole nitrogens is 1. The van der Waals surface area contributed by atoms with Gasteiger partial charge >= 0.3 is 0 Å². The number of nitrogens with one attached hydrogen (secondary N) is 2. The van der Waals surface area contributed by atoms with Gasteiger partial charge in [-0.05, 0) is 85.8 Å². The highest BCUT2D eigenvalue weighted by Crippen LogP contribution is 2.50. The van der Waals surface area contributed by atoms with Gasteiger partial charge < -0.3 is 20.0 Å². The van der Waals surface area contributed by atoms with Crippen molar-refractivity contribution < 1.29 is 14.4 Å². The van der Waals surface area contributed by atoms with Crippen molar-refractivity contribution in [2.24, 2.45) is 27.7 Å². The number of rotatable bonds is 8. The van der Waals surface area contributed by atoms with Crippen LogP contribution in [0.1, 0.15) is 121 Å². The molecule has 1 saturated heterocycles. The van der Waals surface area contributed by atoms with Crippen LogP contribution in [0.5, 0.6) is 0 Å². The van der Waals surface area contributed by atoms with Crippen molar-refractivity contribution >= 4 is 23.6 Å². The Bertz CT molecular complexity index is 1490. The Hall–Kier alpha value is -3.83. The zero-order valence-electron chi connectivity index (χ0n) is 29.6. The van der Waals surface area contributed by atoms with E-state index in [0.717, 1.165) is 56.9 Å². The number of hydrogen-bond donors (Lipinski definition) is 2. The van der Waals surface area contributed by atoms with Gasteiger partial charge in [0.05, 0.1) is 12.6 Å². The zero-order chi connectivity index (χ0) is 34.3. The third kappa shape index (κ3) is 7.42. The summed E-state index contributed by atoms with van der Waals surface area (Å²) in [7, 11) is 0. The Balaban J connectivity index is 1.28. The van der Waals surface area contributed by atoms with Crippen LogP contribution in [0.25, 0.3) is 0 Å². The van der Waals surface area contributed by atoms with Gasteiger partial charge in [-0.25, -0.2) is 4.99 Å². The SMILES string of the molecule is CC(C)(C)CC[C@H](c1ccc(C(=O)NCc2nn[nH]n2)cc1)N1C(=O)C(N2CCN(C(=O)C3CC3)CC2)=NC12CCC(C(C)(C)C)CC2. The van der Waals surface area contributed by atoms with Crippen LogP contribution in [0.3, 0.4) is 0 Å². The van der Waals surface area contributed by atoms with Gasteiger partial charge in [-0.15, -0.1) is 10.2 Å². The van der Waals surface area contributed by atoms with Crippen LogP contribution in [-0.4, -0.2) is 90.7 Å². The van der Waals surface area contributed by atoms with Crippen molar-refractivity contribution in [1.29, 1.82) is 0 Å². The number of amides is 3. The molecule has 1 atom stereocenters. The van der Waals surface area contributed by atoms with Crippen LogP contribution in [0.15, 0.2) is 29.3 Å².